The Morgan fingerprint density at radius 2 is 1.70 bits per heavy atom. The number of hydrogen-bond donors (Lipinski definition) is 2. The molecule has 0 aliphatic heterocycles. The molecule has 2 unspecified atom stereocenters. The van der Waals surface area contributed by atoms with E-state index in [9.17, 15) is 9.59 Å². The number of rotatable bonds is 6. The molecule has 156 valence electrons. The number of hydrogen-bond acceptors (Lipinski definition) is 3. The lowest BCUT2D eigenvalue weighted by Gasteiger charge is -2.20. The highest BCUT2D eigenvalue weighted by molar-refractivity contribution is 6.01. The molecule has 5 heteroatoms. The van der Waals surface area contributed by atoms with Crippen LogP contribution < -0.4 is 10.7 Å². The van der Waals surface area contributed by atoms with Crippen LogP contribution in [-0.2, 0) is 9.59 Å². The summed E-state index contributed by atoms with van der Waals surface area (Å²) in [5.74, 6) is 0.470. The van der Waals surface area contributed by atoms with Gasteiger partial charge in [-0.25, -0.2) is 5.43 Å². The zero-order valence-corrected chi connectivity index (χ0v) is 17.4. The van der Waals surface area contributed by atoms with Crippen LogP contribution in [0.1, 0.15) is 62.5 Å². The number of benzene rings is 2. The van der Waals surface area contributed by atoms with Gasteiger partial charge < -0.3 is 5.32 Å². The Morgan fingerprint density at radius 3 is 2.47 bits per heavy atom. The van der Waals surface area contributed by atoms with Crippen LogP contribution in [0, 0.1) is 11.8 Å². The molecule has 2 aliphatic rings. The van der Waals surface area contributed by atoms with Crippen LogP contribution in [0.5, 0.6) is 0 Å². The zero-order valence-electron chi connectivity index (χ0n) is 17.4. The fraction of sp³-hybridized carbons (Fsp3) is 0.400. The van der Waals surface area contributed by atoms with E-state index in [1.807, 2.05) is 49.4 Å². The van der Waals surface area contributed by atoms with Gasteiger partial charge in [0.25, 0.3) is 0 Å². The second-order valence-electron chi connectivity index (χ2n) is 8.44. The van der Waals surface area contributed by atoms with Crippen LogP contribution >= 0.6 is 0 Å². The van der Waals surface area contributed by atoms with Crippen LogP contribution in [-0.4, -0.2) is 17.5 Å². The minimum absolute atomic E-state index is 0.00920. The number of carbonyl (C=O) groups excluding carboxylic acids is 2. The predicted molar refractivity (Wildman–Crippen MR) is 119 cm³/mol. The molecule has 0 heterocycles. The highest BCUT2D eigenvalue weighted by Gasteiger charge is 2.43. The van der Waals surface area contributed by atoms with Gasteiger partial charge >= 0.3 is 0 Å². The maximum absolute atomic E-state index is 12.5. The van der Waals surface area contributed by atoms with Gasteiger partial charge in [-0.1, -0.05) is 61.7 Å². The summed E-state index contributed by atoms with van der Waals surface area (Å²) in [6.45, 7) is 1.87. The molecule has 2 aromatic rings. The van der Waals surface area contributed by atoms with E-state index in [0.717, 1.165) is 43.4 Å². The normalized spacial score (nSPS) is 21.7. The van der Waals surface area contributed by atoms with Gasteiger partial charge in [0.1, 0.15) is 0 Å². The van der Waals surface area contributed by atoms with Crippen molar-refractivity contribution in [3.8, 4) is 0 Å². The largest absolute Gasteiger partial charge is 0.326 e. The lowest BCUT2D eigenvalue weighted by Crippen LogP contribution is -2.24. The summed E-state index contributed by atoms with van der Waals surface area (Å²) >= 11 is 0. The molecular weight excluding hydrogens is 374 g/mol. The molecule has 0 saturated heterocycles. The van der Waals surface area contributed by atoms with Gasteiger partial charge in [-0.2, -0.15) is 5.10 Å². The van der Waals surface area contributed by atoms with Crippen molar-refractivity contribution in [2.24, 2.45) is 16.9 Å². The highest BCUT2D eigenvalue weighted by Crippen LogP contribution is 2.47. The third-order valence-corrected chi connectivity index (χ3v) is 6.21. The molecule has 0 spiro atoms. The molecule has 30 heavy (non-hydrogen) atoms. The van der Waals surface area contributed by atoms with Crippen molar-refractivity contribution in [3.63, 3.8) is 0 Å². The van der Waals surface area contributed by atoms with Gasteiger partial charge in [0.2, 0.25) is 11.8 Å². The Morgan fingerprint density at radius 1 is 0.933 bits per heavy atom. The van der Waals surface area contributed by atoms with Crippen molar-refractivity contribution in [2.45, 2.75) is 51.4 Å². The average Bonchev–Trinajstić information content (AvgIpc) is 3.60. The summed E-state index contributed by atoms with van der Waals surface area (Å²) < 4.78 is 0. The SMILES string of the molecule is C/C(=N/NC(=O)C1CC1c1ccccc1)c1cccc(NC(=O)C2CCCCC2)c1. The van der Waals surface area contributed by atoms with E-state index in [-0.39, 0.29) is 23.7 Å². The van der Waals surface area contributed by atoms with Gasteiger partial charge in [-0.3, -0.25) is 9.59 Å². The molecule has 4 rings (SSSR count). The van der Waals surface area contributed by atoms with Crippen molar-refractivity contribution >= 4 is 23.2 Å². The molecule has 0 bridgehead atoms. The Kier molecular flexibility index (Phi) is 6.26. The van der Waals surface area contributed by atoms with Crippen LogP contribution in [0.3, 0.4) is 0 Å². The standard InChI is InChI=1S/C25H29N3O2/c1-17(27-28-25(30)23-16-22(23)18-9-4-2-5-10-18)20-13-8-14-21(15-20)26-24(29)19-11-6-3-7-12-19/h2,4-5,8-10,13-15,19,22-23H,3,6-7,11-12,16H2,1H3,(H,26,29)(H,28,30)/b27-17-. The van der Waals surface area contributed by atoms with E-state index in [0.29, 0.717) is 11.6 Å². The summed E-state index contributed by atoms with van der Waals surface area (Å²) in [6.07, 6.45) is 6.32. The smallest absolute Gasteiger partial charge is 0.243 e. The molecular formula is C25H29N3O2. The molecule has 2 aliphatic carbocycles. The first-order chi connectivity index (χ1) is 14.6. The summed E-state index contributed by atoms with van der Waals surface area (Å²) in [7, 11) is 0. The fourth-order valence-corrected chi connectivity index (χ4v) is 4.27. The number of hydrazone groups is 1. The Balaban J connectivity index is 1.33. The van der Waals surface area contributed by atoms with Crippen molar-refractivity contribution in [1.82, 2.24) is 5.43 Å². The first-order valence-electron chi connectivity index (χ1n) is 10.9. The van der Waals surface area contributed by atoms with Crippen molar-refractivity contribution in [1.29, 1.82) is 0 Å². The lowest BCUT2D eigenvalue weighted by atomic mass is 9.88. The summed E-state index contributed by atoms with van der Waals surface area (Å²) in [5, 5.41) is 7.34. The summed E-state index contributed by atoms with van der Waals surface area (Å²) in [4.78, 5) is 24.9. The third kappa shape index (κ3) is 4.96. The molecule has 0 aromatic heterocycles. The van der Waals surface area contributed by atoms with E-state index >= 15 is 0 Å². The van der Waals surface area contributed by atoms with E-state index in [1.54, 1.807) is 0 Å². The molecule has 2 fully saturated rings. The van der Waals surface area contributed by atoms with Crippen molar-refractivity contribution in [3.05, 3.63) is 65.7 Å². The maximum atomic E-state index is 12.5. The highest BCUT2D eigenvalue weighted by atomic mass is 16.2. The maximum Gasteiger partial charge on any atom is 0.243 e. The van der Waals surface area contributed by atoms with Crippen LogP contribution in [0.2, 0.25) is 0 Å². The number of carbonyl (C=O) groups is 2. The van der Waals surface area contributed by atoms with Gasteiger partial charge in [0, 0.05) is 17.5 Å². The van der Waals surface area contributed by atoms with Gasteiger partial charge in [0.15, 0.2) is 0 Å². The van der Waals surface area contributed by atoms with Gasteiger partial charge in [0.05, 0.1) is 5.71 Å². The van der Waals surface area contributed by atoms with E-state index < -0.39 is 0 Å². The van der Waals surface area contributed by atoms with Crippen molar-refractivity contribution < 1.29 is 9.59 Å². The summed E-state index contributed by atoms with van der Waals surface area (Å²) in [6, 6.07) is 17.8. The van der Waals surface area contributed by atoms with E-state index in [2.05, 4.69) is 28.0 Å². The average molecular weight is 404 g/mol. The van der Waals surface area contributed by atoms with Crippen LogP contribution in [0.25, 0.3) is 0 Å². The molecule has 2 aromatic carbocycles. The Bertz CT molecular complexity index is 932. The Labute approximate surface area is 178 Å². The second-order valence-corrected chi connectivity index (χ2v) is 8.44. The fourth-order valence-electron chi connectivity index (χ4n) is 4.27. The molecule has 2 saturated carbocycles. The Hall–Kier alpha value is -2.95. The zero-order chi connectivity index (χ0) is 20.9. The quantitative estimate of drug-likeness (QED) is 0.535. The monoisotopic (exact) mass is 403 g/mol. The minimum atomic E-state index is -0.0371. The van der Waals surface area contributed by atoms with E-state index in [1.165, 1.54) is 12.0 Å². The molecule has 0 radical (unpaired) electrons. The minimum Gasteiger partial charge on any atom is -0.326 e. The molecule has 2 atom stereocenters. The topological polar surface area (TPSA) is 70.6 Å². The van der Waals surface area contributed by atoms with E-state index in [4.69, 9.17) is 0 Å². The first-order valence-corrected chi connectivity index (χ1v) is 10.9. The number of nitrogens with zero attached hydrogens (tertiary/aromatic N) is 1. The first kappa shape index (κ1) is 20.3. The molecule has 2 amide bonds. The molecule has 5 nitrogen and oxygen atoms in total. The molecule has 2 N–H and O–H groups in total. The van der Waals surface area contributed by atoms with Gasteiger partial charge in [-0.05, 0) is 55.4 Å². The second kappa shape index (κ2) is 9.24. The third-order valence-electron chi connectivity index (χ3n) is 6.21. The summed E-state index contributed by atoms with van der Waals surface area (Å²) in [5.41, 5.74) is 6.30. The lowest BCUT2D eigenvalue weighted by molar-refractivity contribution is -0.122. The predicted octanol–water partition coefficient (Wildman–Crippen LogP) is 4.85. The van der Waals surface area contributed by atoms with Gasteiger partial charge in [-0.15, -0.1) is 0 Å². The number of amides is 2. The van der Waals surface area contributed by atoms with Crippen LogP contribution in [0.4, 0.5) is 5.69 Å². The number of nitrogens with one attached hydrogen (secondary N) is 2. The van der Waals surface area contributed by atoms with Crippen molar-refractivity contribution in [2.75, 3.05) is 5.32 Å². The van der Waals surface area contributed by atoms with Crippen LogP contribution in [0.15, 0.2) is 59.7 Å². The number of anilines is 1.